The van der Waals surface area contributed by atoms with Crippen molar-refractivity contribution in [3.05, 3.63) is 230 Å². The first kappa shape index (κ1) is 39.4. The minimum Gasteiger partial charge on any atom is -0.250 e. The Balaban J connectivity index is 0.801. The van der Waals surface area contributed by atoms with Crippen LogP contribution in [0.2, 0.25) is 0 Å². The Kier molecular flexibility index (Phi) is 9.53. The van der Waals surface area contributed by atoms with Crippen molar-refractivity contribution in [3.63, 3.8) is 0 Å². The van der Waals surface area contributed by atoms with E-state index in [9.17, 15) is 0 Å². The number of nitrogens with zero attached hydrogens (tertiary/aromatic N) is 6. The van der Waals surface area contributed by atoms with Crippen LogP contribution in [0.3, 0.4) is 0 Å². The van der Waals surface area contributed by atoms with Gasteiger partial charge < -0.3 is 0 Å². The van der Waals surface area contributed by atoms with Crippen molar-refractivity contribution in [2.75, 3.05) is 0 Å². The number of aliphatic imine (C=N–C) groups is 1. The van der Waals surface area contributed by atoms with E-state index in [0.717, 1.165) is 124 Å². The zero-order chi connectivity index (χ0) is 45.0. The van der Waals surface area contributed by atoms with E-state index in [2.05, 4.69) is 158 Å². The van der Waals surface area contributed by atoms with E-state index in [0.29, 0.717) is 5.82 Å². The van der Waals surface area contributed by atoms with Gasteiger partial charge in [0.15, 0.2) is 5.82 Å². The third-order valence-corrected chi connectivity index (χ3v) is 13.1. The van der Waals surface area contributed by atoms with Crippen molar-refractivity contribution in [3.8, 4) is 67.7 Å². The zero-order valence-corrected chi connectivity index (χ0v) is 36.9. The molecule has 4 aromatic heterocycles. The minimum absolute atomic E-state index is 0.664. The van der Waals surface area contributed by atoms with Crippen LogP contribution < -0.4 is 0 Å². The van der Waals surface area contributed by atoms with Gasteiger partial charge in [-0.2, -0.15) is 0 Å². The fourth-order valence-corrected chi connectivity index (χ4v) is 9.50. The zero-order valence-electron chi connectivity index (χ0n) is 36.9. The number of rotatable bonds is 7. The normalized spacial score (nSPS) is 12.4. The van der Waals surface area contributed by atoms with Gasteiger partial charge in [0.05, 0.1) is 50.7 Å². The second-order valence-electron chi connectivity index (χ2n) is 17.4. The standard InChI is InChI=1S/C62H40N6/c1-4-10-39(11-5-1)52-31-28-43-18-19-44-29-32-54(66-61(44)60(43)65-52)50-25-23-46-34-47(21-22-48(46)35-50)49-20-16-41-26-30-53(63-56(41)36-49)51-24-17-42-27-33-55(64-57(42)37-51)59-38-58(40-12-6-2-7-13-40)67-62(68-59)45-14-8-3-9-15-45/h1-27,29-30,32-38H,28,31H2. The summed E-state index contributed by atoms with van der Waals surface area (Å²) >= 11 is 0. The van der Waals surface area contributed by atoms with Crippen LogP contribution in [0, 0.1) is 0 Å². The Bertz CT molecular complexity index is 3900. The molecule has 1 aliphatic heterocycles. The van der Waals surface area contributed by atoms with Gasteiger partial charge >= 0.3 is 0 Å². The highest BCUT2D eigenvalue weighted by Crippen LogP contribution is 2.37. The summed E-state index contributed by atoms with van der Waals surface area (Å²) in [4.78, 5) is 30.8. The van der Waals surface area contributed by atoms with Crippen molar-refractivity contribution < 1.29 is 0 Å². The van der Waals surface area contributed by atoms with Crippen LogP contribution in [0.1, 0.15) is 17.5 Å². The van der Waals surface area contributed by atoms with Crippen LogP contribution in [0.25, 0.3) is 111 Å². The topological polar surface area (TPSA) is 76.8 Å². The van der Waals surface area contributed by atoms with Gasteiger partial charge in [0.2, 0.25) is 0 Å². The number of aryl methyl sites for hydroxylation is 1. The largest absolute Gasteiger partial charge is 0.250 e. The highest BCUT2D eigenvalue weighted by molar-refractivity contribution is 6.06. The second kappa shape index (κ2) is 16.5. The van der Waals surface area contributed by atoms with Gasteiger partial charge in [0.1, 0.15) is 0 Å². The summed E-state index contributed by atoms with van der Waals surface area (Å²) < 4.78 is 0. The maximum atomic E-state index is 5.25. The highest BCUT2D eigenvalue weighted by Gasteiger charge is 2.18. The summed E-state index contributed by atoms with van der Waals surface area (Å²) in [5, 5.41) is 5.56. The first-order valence-electron chi connectivity index (χ1n) is 23.0. The Morgan fingerprint density at radius 2 is 0.779 bits per heavy atom. The lowest BCUT2D eigenvalue weighted by molar-refractivity contribution is 1.01. The van der Waals surface area contributed by atoms with Crippen LogP contribution in [-0.2, 0) is 6.42 Å². The molecule has 5 heterocycles. The van der Waals surface area contributed by atoms with Gasteiger partial charge in [0.25, 0.3) is 0 Å². The molecule has 0 unspecified atom stereocenters. The van der Waals surface area contributed by atoms with E-state index >= 15 is 0 Å². The van der Waals surface area contributed by atoms with Crippen LogP contribution >= 0.6 is 0 Å². The molecule has 0 bridgehead atoms. The molecule has 0 radical (unpaired) electrons. The molecule has 6 nitrogen and oxygen atoms in total. The molecule has 0 amide bonds. The SMILES string of the molecule is c1ccc(C2=Nc3c(ccc4ccc(-c5ccc6cc(-c7ccc8ccc(-c9ccc%10ccc(-c%11cc(-c%12ccccc%12)nc(-c%12ccccc%12)n%11)nc%10c9)nc8c7)ccc6c5)nc34)CC2)cc1. The van der Waals surface area contributed by atoms with Crippen LogP contribution in [0.4, 0.5) is 5.69 Å². The van der Waals surface area contributed by atoms with Crippen LogP contribution in [-0.4, -0.2) is 30.6 Å². The lowest BCUT2D eigenvalue weighted by Gasteiger charge is -2.17. The molecule has 0 saturated heterocycles. The molecule has 0 atom stereocenters. The van der Waals surface area contributed by atoms with Crippen molar-refractivity contribution in [1.29, 1.82) is 0 Å². The smallest absolute Gasteiger partial charge is 0.160 e. The molecular formula is C62H40N6. The van der Waals surface area contributed by atoms with E-state index in [1.165, 1.54) is 16.5 Å². The second-order valence-corrected chi connectivity index (χ2v) is 17.4. The fraction of sp³-hybridized carbons (Fsp3) is 0.0323. The first-order valence-corrected chi connectivity index (χ1v) is 23.0. The maximum absolute atomic E-state index is 5.25. The molecule has 0 saturated carbocycles. The van der Waals surface area contributed by atoms with Gasteiger partial charge in [-0.25, -0.2) is 24.9 Å². The molecular weight excluding hydrogens is 829 g/mol. The van der Waals surface area contributed by atoms with E-state index in [4.69, 9.17) is 29.9 Å². The third kappa shape index (κ3) is 7.35. The van der Waals surface area contributed by atoms with Crippen molar-refractivity contribution in [1.82, 2.24) is 24.9 Å². The minimum atomic E-state index is 0.664. The summed E-state index contributed by atoms with van der Waals surface area (Å²) in [6.45, 7) is 0. The van der Waals surface area contributed by atoms with Gasteiger partial charge in [-0.05, 0) is 94.4 Å². The van der Waals surface area contributed by atoms with Crippen molar-refractivity contribution in [2.24, 2.45) is 4.99 Å². The number of pyridine rings is 3. The van der Waals surface area contributed by atoms with E-state index in [1.54, 1.807) is 0 Å². The molecule has 12 aromatic rings. The summed E-state index contributed by atoms with van der Waals surface area (Å²) in [6, 6.07) is 76.2. The Morgan fingerprint density at radius 1 is 0.279 bits per heavy atom. The van der Waals surface area contributed by atoms with E-state index < -0.39 is 0 Å². The molecule has 318 valence electrons. The molecule has 0 spiro atoms. The lowest BCUT2D eigenvalue weighted by Crippen LogP contribution is -2.08. The number of fused-ring (bicyclic) bond motifs is 6. The monoisotopic (exact) mass is 868 g/mol. The molecule has 1 aliphatic rings. The van der Waals surface area contributed by atoms with Crippen LogP contribution in [0.5, 0.6) is 0 Å². The van der Waals surface area contributed by atoms with Crippen molar-refractivity contribution in [2.45, 2.75) is 12.8 Å². The number of benzene rings is 8. The van der Waals surface area contributed by atoms with E-state index in [1.807, 2.05) is 60.7 Å². The average Bonchev–Trinajstić information content (AvgIpc) is 3.42. The molecule has 6 heteroatoms. The maximum Gasteiger partial charge on any atom is 0.160 e. The van der Waals surface area contributed by atoms with Crippen LogP contribution in [0.15, 0.2) is 223 Å². The Hall–Kier alpha value is -9.00. The van der Waals surface area contributed by atoms with Gasteiger partial charge in [-0.3, -0.25) is 4.99 Å². The number of hydrogen-bond donors (Lipinski definition) is 0. The van der Waals surface area contributed by atoms with Gasteiger partial charge in [-0.15, -0.1) is 0 Å². The quantitative estimate of drug-likeness (QED) is 0.159. The van der Waals surface area contributed by atoms with E-state index in [-0.39, 0.29) is 0 Å². The van der Waals surface area contributed by atoms with Crippen molar-refractivity contribution >= 4 is 54.9 Å². The average molecular weight is 869 g/mol. The molecule has 0 aliphatic carbocycles. The molecule has 13 rings (SSSR count). The number of hydrogen-bond acceptors (Lipinski definition) is 6. The Morgan fingerprint density at radius 3 is 1.50 bits per heavy atom. The predicted octanol–water partition coefficient (Wildman–Crippen LogP) is 15.3. The van der Waals surface area contributed by atoms with Gasteiger partial charge in [0, 0.05) is 44.1 Å². The summed E-state index contributed by atoms with van der Waals surface area (Å²) in [7, 11) is 0. The first-order chi connectivity index (χ1) is 33.6. The highest BCUT2D eigenvalue weighted by atomic mass is 14.9. The predicted molar refractivity (Wildman–Crippen MR) is 279 cm³/mol. The third-order valence-electron chi connectivity index (χ3n) is 13.1. The molecule has 0 N–H and O–H groups in total. The molecule has 68 heavy (non-hydrogen) atoms. The summed E-state index contributed by atoms with van der Waals surface area (Å²) in [5.74, 6) is 0.664. The fourth-order valence-electron chi connectivity index (χ4n) is 9.50. The molecule has 8 aromatic carbocycles. The summed E-state index contributed by atoms with van der Waals surface area (Å²) in [5.41, 5.74) is 17.9. The summed E-state index contributed by atoms with van der Waals surface area (Å²) in [6.07, 6.45) is 1.89. The lowest BCUT2D eigenvalue weighted by atomic mass is 9.95. The Labute approximate surface area is 393 Å². The molecule has 0 fully saturated rings. The van der Waals surface area contributed by atoms with Gasteiger partial charge in [-0.1, -0.05) is 170 Å². The number of aromatic nitrogens is 5.